The zero-order chi connectivity index (χ0) is 37.6. The van der Waals surface area contributed by atoms with Crippen LogP contribution in [0, 0.1) is 31.3 Å². The number of halogens is 7. The van der Waals surface area contributed by atoms with Gasteiger partial charge in [-0.3, -0.25) is 23.9 Å². The molecule has 4 aromatic rings. The van der Waals surface area contributed by atoms with E-state index in [1.54, 1.807) is 4.90 Å². The molecule has 0 saturated carbocycles. The Morgan fingerprint density at radius 3 is 2.37 bits per heavy atom. The smallest absolute Gasteiger partial charge is 0.416 e. The van der Waals surface area contributed by atoms with Gasteiger partial charge in [0.1, 0.15) is 42.0 Å². The van der Waals surface area contributed by atoms with Crippen LogP contribution in [0.3, 0.4) is 0 Å². The first-order chi connectivity index (χ1) is 24.5. The molecule has 2 atom stereocenters. The Hall–Kier alpha value is -5.18. The first kappa shape index (κ1) is 36.6. The molecule has 3 heterocycles. The van der Waals surface area contributed by atoms with Gasteiger partial charge in [-0.05, 0) is 84.5 Å². The van der Waals surface area contributed by atoms with Crippen LogP contribution in [0.1, 0.15) is 57.4 Å². The minimum atomic E-state index is -5.00. The quantitative estimate of drug-likeness (QED) is 0.218. The monoisotopic (exact) mass is 731 g/mol. The summed E-state index contributed by atoms with van der Waals surface area (Å²) >= 11 is 0. The van der Waals surface area contributed by atoms with Gasteiger partial charge in [0.25, 0.3) is 5.56 Å². The number of carboxylic acid groups (broad SMARTS) is 1. The van der Waals surface area contributed by atoms with Gasteiger partial charge in [0.2, 0.25) is 5.91 Å². The Labute approximate surface area is 292 Å². The molecule has 1 amide bonds. The first-order valence-electron chi connectivity index (χ1n) is 16.2. The average Bonchev–Trinajstić information content (AvgIpc) is 3.05. The second kappa shape index (κ2) is 14.1. The lowest BCUT2D eigenvalue weighted by atomic mass is 9.91. The fraction of sp³-hybridized carbons (Fsp3) is 0.324. The normalized spacial score (nSPS) is 18.1. The number of ether oxygens (including phenoxy) is 1. The molecule has 8 nitrogen and oxygen atoms in total. The summed E-state index contributed by atoms with van der Waals surface area (Å²) in [4.78, 5) is 41.5. The third-order valence-corrected chi connectivity index (χ3v) is 9.36. The number of aryl methyl sites for hydroxylation is 1. The van der Waals surface area contributed by atoms with Crippen molar-refractivity contribution < 1.29 is 50.2 Å². The summed E-state index contributed by atoms with van der Waals surface area (Å²) in [5, 5.41) is 12.2. The van der Waals surface area contributed by atoms with Crippen molar-refractivity contribution >= 4 is 11.9 Å². The van der Waals surface area contributed by atoms with Crippen LogP contribution in [0.15, 0.2) is 59.5 Å². The number of alkyl halides is 4. The molecule has 0 spiro atoms. The molecule has 1 aromatic heterocycles. The van der Waals surface area contributed by atoms with E-state index in [0.717, 1.165) is 18.3 Å². The first-order valence-corrected chi connectivity index (χ1v) is 16.2. The Balaban J connectivity index is 1.56. The van der Waals surface area contributed by atoms with Crippen molar-refractivity contribution in [3.8, 4) is 16.9 Å². The van der Waals surface area contributed by atoms with Crippen LogP contribution < -0.4 is 15.6 Å². The van der Waals surface area contributed by atoms with Gasteiger partial charge < -0.3 is 15.2 Å². The highest BCUT2D eigenvalue weighted by molar-refractivity contribution is 5.85. The maximum absolute atomic E-state index is 15.9. The van der Waals surface area contributed by atoms with E-state index in [9.17, 15) is 41.4 Å². The number of hydrogen-bond donors (Lipinski definition) is 2. The van der Waals surface area contributed by atoms with Crippen LogP contribution in [0.25, 0.3) is 11.1 Å². The van der Waals surface area contributed by atoms with E-state index in [2.05, 4.69) is 5.32 Å². The van der Waals surface area contributed by atoms with Crippen molar-refractivity contribution in [2.45, 2.75) is 57.7 Å². The lowest BCUT2D eigenvalue weighted by Crippen LogP contribution is -2.49. The molecule has 1 saturated heterocycles. The lowest BCUT2D eigenvalue weighted by Gasteiger charge is -2.34. The summed E-state index contributed by atoms with van der Waals surface area (Å²) in [5.74, 6) is -5.16. The number of aliphatic carboxylic acids is 1. The molecule has 1 fully saturated rings. The molecular formula is C37H32F7N3O5. The molecular weight excluding hydrogens is 699 g/mol. The molecule has 0 aliphatic carbocycles. The summed E-state index contributed by atoms with van der Waals surface area (Å²) in [6.07, 6.45) is -6.56. The number of rotatable bonds is 6. The molecule has 2 aliphatic heterocycles. The zero-order valence-corrected chi connectivity index (χ0v) is 27.8. The minimum absolute atomic E-state index is 0.00320. The van der Waals surface area contributed by atoms with E-state index in [-0.39, 0.29) is 77.9 Å². The van der Waals surface area contributed by atoms with E-state index in [1.165, 1.54) is 44.2 Å². The Morgan fingerprint density at radius 1 is 0.981 bits per heavy atom. The number of benzene rings is 3. The van der Waals surface area contributed by atoms with E-state index < -0.39 is 82.4 Å². The highest BCUT2D eigenvalue weighted by Gasteiger charge is 2.37. The Morgan fingerprint density at radius 2 is 1.69 bits per heavy atom. The summed E-state index contributed by atoms with van der Waals surface area (Å²) in [5.41, 5.74) is -3.08. The standard InChI is InChI=1S/C37H32F7N3O5/c1-18-9-22-11-25(34(18)41)29(13-32(49)50)45-36(51)35(24-10-20(3-4-28(24)40)17-52-30-6-5-27(39)19(2)33(22)30)47-14-21(7-8-46-15-23(38)16-46)26(12-31(47)48)37(42,43)44/h3-6,9-12,14,23,29,35H,7-8,13,15-17H2,1-2H3,(H,45,51)(H,49,50)/t29-,35-/m0/s1. The molecule has 4 bridgehead atoms. The predicted molar refractivity (Wildman–Crippen MR) is 174 cm³/mol. The van der Waals surface area contributed by atoms with Crippen molar-refractivity contribution in [1.29, 1.82) is 0 Å². The number of carbonyl (C=O) groups excluding carboxylic acids is 1. The second-order valence-electron chi connectivity index (χ2n) is 13.0. The number of pyridine rings is 1. The average molecular weight is 732 g/mol. The van der Waals surface area contributed by atoms with Crippen LogP contribution in [0.2, 0.25) is 0 Å². The maximum atomic E-state index is 15.9. The molecule has 274 valence electrons. The summed E-state index contributed by atoms with van der Waals surface area (Å²) in [7, 11) is 0. The molecule has 0 radical (unpaired) electrons. The summed E-state index contributed by atoms with van der Waals surface area (Å²) in [6.45, 7) is 2.56. The summed E-state index contributed by atoms with van der Waals surface area (Å²) in [6, 6.07) is 5.16. The van der Waals surface area contributed by atoms with Crippen LogP contribution in [0.4, 0.5) is 30.7 Å². The van der Waals surface area contributed by atoms with Crippen molar-refractivity contribution in [2.75, 3.05) is 19.6 Å². The molecule has 15 heteroatoms. The van der Waals surface area contributed by atoms with E-state index in [0.29, 0.717) is 4.57 Å². The predicted octanol–water partition coefficient (Wildman–Crippen LogP) is 6.58. The summed E-state index contributed by atoms with van der Waals surface area (Å²) < 4.78 is 109. The maximum Gasteiger partial charge on any atom is 0.416 e. The van der Waals surface area contributed by atoms with Gasteiger partial charge in [-0.2, -0.15) is 13.2 Å². The van der Waals surface area contributed by atoms with Gasteiger partial charge >= 0.3 is 12.1 Å². The molecule has 2 N–H and O–H groups in total. The van der Waals surface area contributed by atoms with Crippen molar-refractivity contribution in [3.05, 3.63) is 121 Å². The van der Waals surface area contributed by atoms with E-state index in [4.69, 9.17) is 4.74 Å². The van der Waals surface area contributed by atoms with Gasteiger partial charge in [0, 0.05) is 48.6 Å². The zero-order valence-electron chi connectivity index (χ0n) is 27.8. The van der Waals surface area contributed by atoms with Gasteiger partial charge in [-0.15, -0.1) is 0 Å². The number of carbonyl (C=O) groups is 2. The molecule has 3 aromatic carbocycles. The van der Waals surface area contributed by atoms with Gasteiger partial charge in [-0.1, -0.05) is 6.07 Å². The number of fused-ring (bicyclic) bond motifs is 6. The highest BCUT2D eigenvalue weighted by atomic mass is 19.4. The number of nitrogens with zero attached hydrogens (tertiary/aromatic N) is 2. The van der Waals surface area contributed by atoms with Gasteiger partial charge in [0.05, 0.1) is 18.0 Å². The second-order valence-corrected chi connectivity index (χ2v) is 13.0. The lowest BCUT2D eigenvalue weighted by molar-refractivity contribution is -0.139. The largest absolute Gasteiger partial charge is 0.488 e. The number of aromatic nitrogens is 1. The fourth-order valence-corrected chi connectivity index (χ4v) is 6.69. The Kier molecular flexibility index (Phi) is 9.92. The topological polar surface area (TPSA) is 101 Å². The molecule has 2 aliphatic rings. The van der Waals surface area contributed by atoms with Gasteiger partial charge in [0.15, 0.2) is 0 Å². The van der Waals surface area contributed by atoms with Gasteiger partial charge in [-0.25, -0.2) is 17.6 Å². The van der Waals surface area contributed by atoms with Crippen LogP contribution >= 0.6 is 0 Å². The van der Waals surface area contributed by atoms with E-state index in [1.807, 2.05) is 0 Å². The molecule has 0 unspecified atom stereocenters. The number of carboxylic acids is 1. The SMILES string of the molecule is Cc1cc2cc(c1F)[C@H](CC(=O)O)NC(=O)[C@@H](n1cc(CCN3CC(F)C3)c(C(F)(F)F)cc1=O)c1cc(ccc1F)COc1ccc(F)c(C)c1-2. The van der Waals surface area contributed by atoms with Crippen LogP contribution in [0.5, 0.6) is 5.75 Å². The number of nitrogens with one attached hydrogen (secondary N) is 1. The van der Waals surface area contributed by atoms with Crippen molar-refractivity contribution in [2.24, 2.45) is 0 Å². The Bertz CT molecular complexity index is 2130. The number of likely N-dealkylation sites (tertiary alicyclic amines) is 1. The van der Waals surface area contributed by atoms with Crippen molar-refractivity contribution in [3.63, 3.8) is 0 Å². The van der Waals surface area contributed by atoms with Crippen molar-refractivity contribution in [1.82, 2.24) is 14.8 Å². The number of hydrogen-bond acceptors (Lipinski definition) is 5. The number of amides is 1. The third-order valence-electron chi connectivity index (χ3n) is 9.36. The van der Waals surface area contributed by atoms with Crippen LogP contribution in [-0.4, -0.2) is 52.3 Å². The third kappa shape index (κ3) is 7.27. The van der Waals surface area contributed by atoms with Crippen LogP contribution in [-0.2, 0) is 28.8 Å². The highest BCUT2D eigenvalue weighted by Crippen LogP contribution is 2.39. The van der Waals surface area contributed by atoms with E-state index >= 15 is 8.78 Å². The molecule has 52 heavy (non-hydrogen) atoms. The molecule has 6 rings (SSSR count). The minimum Gasteiger partial charge on any atom is -0.488 e. The fourth-order valence-electron chi connectivity index (χ4n) is 6.69.